The lowest BCUT2D eigenvalue weighted by molar-refractivity contribution is 0.933. The lowest BCUT2D eigenvalue weighted by Crippen LogP contribution is -2.13. The Morgan fingerprint density at radius 1 is 0.750 bits per heavy atom. The maximum Gasteiger partial charge on any atom is 0.0790 e. The highest BCUT2D eigenvalue weighted by Crippen LogP contribution is 2.34. The minimum absolute atomic E-state index is 0.102. The molecule has 0 saturated heterocycles. The zero-order chi connectivity index (χ0) is 16.4. The number of anilines is 1. The van der Waals surface area contributed by atoms with Gasteiger partial charge in [0.05, 0.1) is 6.04 Å². The second-order valence-corrected chi connectivity index (χ2v) is 6.06. The Labute approximate surface area is 142 Å². The van der Waals surface area contributed by atoms with Crippen molar-refractivity contribution < 1.29 is 0 Å². The summed E-state index contributed by atoms with van der Waals surface area (Å²) in [4.78, 5) is 3.52. The van der Waals surface area contributed by atoms with Crippen LogP contribution in [0.2, 0.25) is 0 Å². The molecule has 2 nitrogen and oxygen atoms in total. The van der Waals surface area contributed by atoms with Crippen molar-refractivity contribution in [1.82, 2.24) is 4.98 Å². The molecule has 0 bridgehead atoms. The summed E-state index contributed by atoms with van der Waals surface area (Å²) in [6.07, 6.45) is 0. The van der Waals surface area contributed by atoms with Gasteiger partial charge in [-0.2, -0.15) is 0 Å². The second-order valence-electron chi connectivity index (χ2n) is 6.06. The molecule has 0 spiro atoms. The number of hydrogen-bond donors (Lipinski definition) is 2. The minimum Gasteiger partial charge on any atom is -0.374 e. The van der Waals surface area contributed by atoms with Gasteiger partial charge in [-0.1, -0.05) is 66.7 Å². The van der Waals surface area contributed by atoms with Gasteiger partial charge in [0.15, 0.2) is 0 Å². The summed E-state index contributed by atoms with van der Waals surface area (Å²) in [6.45, 7) is 2.15. The van der Waals surface area contributed by atoms with Gasteiger partial charge >= 0.3 is 0 Å². The first-order valence-corrected chi connectivity index (χ1v) is 8.26. The number of fused-ring (bicyclic) bond motifs is 1. The lowest BCUT2D eigenvalue weighted by atomic mass is 9.95. The number of hydrogen-bond acceptors (Lipinski definition) is 1. The summed E-state index contributed by atoms with van der Waals surface area (Å²) < 4.78 is 0. The molecule has 0 aliphatic rings. The van der Waals surface area contributed by atoms with Gasteiger partial charge in [-0.15, -0.1) is 0 Å². The average Bonchev–Trinajstić information content (AvgIpc) is 2.97. The molecule has 2 N–H and O–H groups in total. The average molecular weight is 312 g/mol. The molecular formula is C22H20N2. The predicted octanol–water partition coefficient (Wildman–Crippen LogP) is 5.68. The smallest absolute Gasteiger partial charge is 0.0790 e. The van der Waals surface area contributed by atoms with E-state index >= 15 is 0 Å². The van der Waals surface area contributed by atoms with Gasteiger partial charge in [-0.3, -0.25) is 0 Å². The van der Waals surface area contributed by atoms with E-state index < -0.39 is 0 Å². The molecule has 118 valence electrons. The lowest BCUT2D eigenvalue weighted by Gasteiger charge is -2.21. The molecular weight excluding hydrogens is 292 g/mol. The van der Waals surface area contributed by atoms with Crippen molar-refractivity contribution in [2.45, 2.75) is 13.0 Å². The number of H-pyrrole nitrogens is 1. The molecule has 4 rings (SSSR count). The minimum atomic E-state index is 0.102. The molecule has 4 aromatic rings. The first-order chi connectivity index (χ1) is 11.8. The van der Waals surface area contributed by atoms with Crippen LogP contribution in [0.4, 0.5) is 5.69 Å². The Morgan fingerprint density at radius 3 is 2.12 bits per heavy atom. The SMILES string of the molecule is Cc1[nH]c2ccccc2c1C(Nc1ccccc1)c1ccccc1. The monoisotopic (exact) mass is 312 g/mol. The molecule has 0 amide bonds. The van der Waals surface area contributed by atoms with Gasteiger partial charge in [0.1, 0.15) is 0 Å². The van der Waals surface area contributed by atoms with E-state index in [1.54, 1.807) is 0 Å². The van der Waals surface area contributed by atoms with E-state index in [1.165, 1.54) is 27.7 Å². The van der Waals surface area contributed by atoms with Crippen molar-refractivity contribution in [3.8, 4) is 0 Å². The van der Waals surface area contributed by atoms with E-state index in [4.69, 9.17) is 0 Å². The molecule has 0 aliphatic carbocycles. The van der Waals surface area contributed by atoms with Crippen molar-refractivity contribution in [1.29, 1.82) is 0 Å². The van der Waals surface area contributed by atoms with Crippen LogP contribution in [-0.2, 0) is 0 Å². The molecule has 1 heterocycles. The van der Waals surface area contributed by atoms with Gasteiger partial charge in [-0.25, -0.2) is 0 Å². The van der Waals surface area contributed by atoms with Crippen molar-refractivity contribution in [3.63, 3.8) is 0 Å². The number of benzene rings is 3. The van der Waals surface area contributed by atoms with Crippen molar-refractivity contribution >= 4 is 16.6 Å². The van der Waals surface area contributed by atoms with E-state index in [0.717, 1.165) is 5.69 Å². The van der Waals surface area contributed by atoms with Gasteiger partial charge in [0.25, 0.3) is 0 Å². The van der Waals surface area contributed by atoms with Gasteiger partial charge < -0.3 is 10.3 Å². The number of nitrogens with one attached hydrogen (secondary N) is 2. The first-order valence-electron chi connectivity index (χ1n) is 8.26. The third kappa shape index (κ3) is 2.67. The fourth-order valence-electron chi connectivity index (χ4n) is 3.34. The molecule has 24 heavy (non-hydrogen) atoms. The van der Waals surface area contributed by atoms with Crippen LogP contribution in [0.3, 0.4) is 0 Å². The van der Waals surface area contributed by atoms with E-state index in [-0.39, 0.29) is 6.04 Å². The maximum absolute atomic E-state index is 3.71. The zero-order valence-electron chi connectivity index (χ0n) is 13.7. The Morgan fingerprint density at radius 2 is 1.38 bits per heavy atom. The Hall–Kier alpha value is -3.00. The fraction of sp³-hybridized carbons (Fsp3) is 0.0909. The molecule has 1 atom stereocenters. The summed E-state index contributed by atoms with van der Waals surface area (Å²) in [5.41, 5.74) is 6.07. The Balaban J connectivity index is 1.87. The van der Waals surface area contributed by atoms with Crippen LogP contribution in [-0.4, -0.2) is 4.98 Å². The van der Waals surface area contributed by atoms with Crippen LogP contribution in [0.5, 0.6) is 0 Å². The highest BCUT2D eigenvalue weighted by molar-refractivity contribution is 5.86. The second kappa shape index (κ2) is 6.25. The Kier molecular flexibility index (Phi) is 3.80. The number of aromatic nitrogens is 1. The zero-order valence-corrected chi connectivity index (χ0v) is 13.7. The summed E-state index contributed by atoms with van der Waals surface area (Å²) >= 11 is 0. The van der Waals surface area contributed by atoms with Gasteiger partial charge in [0.2, 0.25) is 0 Å². The standard InChI is InChI=1S/C22H20N2/c1-16-21(19-14-8-9-15-20(19)23-16)22(17-10-4-2-5-11-17)24-18-12-6-3-7-13-18/h2-15,22-24H,1H3. The summed E-state index contributed by atoms with van der Waals surface area (Å²) in [5.74, 6) is 0. The highest BCUT2D eigenvalue weighted by Gasteiger charge is 2.20. The maximum atomic E-state index is 3.71. The molecule has 0 aliphatic heterocycles. The van der Waals surface area contributed by atoms with Crippen LogP contribution < -0.4 is 5.32 Å². The van der Waals surface area contributed by atoms with Crippen molar-refractivity contribution in [2.24, 2.45) is 0 Å². The van der Waals surface area contributed by atoms with E-state index in [0.29, 0.717) is 0 Å². The number of rotatable bonds is 4. The van der Waals surface area contributed by atoms with Crippen LogP contribution in [0, 0.1) is 6.92 Å². The van der Waals surface area contributed by atoms with Crippen LogP contribution in [0.1, 0.15) is 22.9 Å². The molecule has 1 unspecified atom stereocenters. The van der Waals surface area contributed by atoms with E-state index in [9.17, 15) is 0 Å². The number of para-hydroxylation sites is 2. The highest BCUT2D eigenvalue weighted by atomic mass is 14.9. The van der Waals surface area contributed by atoms with E-state index in [1.807, 2.05) is 6.07 Å². The third-order valence-electron chi connectivity index (χ3n) is 4.45. The molecule has 3 aromatic carbocycles. The van der Waals surface area contributed by atoms with Crippen molar-refractivity contribution in [2.75, 3.05) is 5.32 Å². The van der Waals surface area contributed by atoms with Crippen molar-refractivity contribution in [3.05, 3.63) is 102 Å². The topological polar surface area (TPSA) is 27.8 Å². The van der Waals surface area contributed by atoms with Crippen LogP contribution in [0.15, 0.2) is 84.9 Å². The fourth-order valence-corrected chi connectivity index (χ4v) is 3.34. The number of aromatic amines is 1. The van der Waals surface area contributed by atoms with E-state index in [2.05, 4.69) is 96.1 Å². The number of aryl methyl sites for hydroxylation is 1. The molecule has 2 heteroatoms. The Bertz CT molecular complexity index is 940. The van der Waals surface area contributed by atoms with Crippen LogP contribution >= 0.6 is 0 Å². The molecule has 0 radical (unpaired) electrons. The largest absolute Gasteiger partial charge is 0.374 e. The predicted molar refractivity (Wildman–Crippen MR) is 101 cm³/mol. The molecule has 0 fully saturated rings. The van der Waals surface area contributed by atoms with Gasteiger partial charge in [-0.05, 0) is 30.7 Å². The first kappa shape index (κ1) is 14.6. The molecule has 1 aromatic heterocycles. The molecule has 0 saturated carbocycles. The normalized spacial score (nSPS) is 12.2. The van der Waals surface area contributed by atoms with Crippen LogP contribution in [0.25, 0.3) is 10.9 Å². The summed E-state index contributed by atoms with van der Waals surface area (Å²) in [6, 6.07) is 29.6. The van der Waals surface area contributed by atoms with Gasteiger partial charge in [0, 0.05) is 27.8 Å². The summed E-state index contributed by atoms with van der Waals surface area (Å²) in [5, 5.41) is 4.98. The summed E-state index contributed by atoms with van der Waals surface area (Å²) in [7, 11) is 0. The third-order valence-corrected chi connectivity index (χ3v) is 4.45. The quantitative estimate of drug-likeness (QED) is 0.498.